The van der Waals surface area contributed by atoms with Crippen LogP contribution < -0.4 is 5.32 Å². The number of nitrogens with one attached hydrogen (secondary N) is 2. The summed E-state index contributed by atoms with van der Waals surface area (Å²) in [6.07, 6.45) is 0.778. The van der Waals surface area contributed by atoms with Crippen molar-refractivity contribution in [2.45, 2.75) is 25.8 Å². The molecule has 0 radical (unpaired) electrons. The molecule has 0 saturated carbocycles. The lowest BCUT2D eigenvalue weighted by atomic mass is 10.0. The number of hydrogen-bond acceptors (Lipinski definition) is 4. The first-order chi connectivity index (χ1) is 5.14. The van der Waals surface area contributed by atoms with Crippen molar-refractivity contribution in [3.63, 3.8) is 0 Å². The maximum atomic E-state index is 3.86. The van der Waals surface area contributed by atoms with Crippen LogP contribution in [0.2, 0.25) is 0 Å². The van der Waals surface area contributed by atoms with Gasteiger partial charge in [0.2, 0.25) is 0 Å². The monoisotopic (exact) mass is 155 g/mol. The van der Waals surface area contributed by atoms with Crippen molar-refractivity contribution in [3.8, 4) is 0 Å². The van der Waals surface area contributed by atoms with E-state index in [1.807, 2.05) is 7.05 Å². The van der Waals surface area contributed by atoms with Gasteiger partial charge in [0.05, 0.1) is 0 Å². The number of tetrazole rings is 1. The van der Waals surface area contributed by atoms with Gasteiger partial charge in [0, 0.05) is 12.0 Å². The maximum absolute atomic E-state index is 3.86. The Morgan fingerprint density at radius 3 is 2.73 bits per heavy atom. The Labute approximate surface area is 65.6 Å². The van der Waals surface area contributed by atoms with Gasteiger partial charge in [0.1, 0.15) is 0 Å². The molecule has 2 N–H and O–H groups in total. The van der Waals surface area contributed by atoms with Crippen LogP contribution in [-0.2, 0) is 6.42 Å². The zero-order valence-corrected chi connectivity index (χ0v) is 7.05. The summed E-state index contributed by atoms with van der Waals surface area (Å²) >= 11 is 0. The maximum Gasteiger partial charge on any atom is 0.176 e. The molecule has 5 nitrogen and oxygen atoms in total. The largest absolute Gasteiger partial charge is 0.314 e. The van der Waals surface area contributed by atoms with Gasteiger partial charge in [-0.05, 0) is 20.9 Å². The molecule has 1 aromatic heterocycles. The first-order valence-corrected chi connectivity index (χ1v) is 3.55. The fourth-order valence-electron chi connectivity index (χ4n) is 0.741. The Hall–Kier alpha value is -0.970. The van der Waals surface area contributed by atoms with Crippen LogP contribution >= 0.6 is 0 Å². The zero-order chi connectivity index (χ0) is 8.32. The van der Waals surface area contributed by atoms with Crippen molar-refractivity contribution >= 4 is 0 Å². The third kappa shape index (κ3) is 2.27. The lowest BCUT2D eigenvalue weighted by Crippen LogP contribution is -2.38. The van der Waals surface area contributed by atoms with Gasteiger partial charge in [-0.25, -0.2) is 0 Å². The highest BCUT2D eigenvalue weighted by Crippen LogP contribution is 2.06. The summed E-state index contributed by atoms with van der Waals surface area (Å²) in [4.78, 5) is 0. The molecule has 0 aliphatic rings. The molecule has 11 heavy (non-hydrogen) atoms. The highest BCUT2D eigenvalue weighted by molar-refractivity contribution is 4.89. The van der Waals surface area contributed by atoms with Crippen molar-refractivity contribution in [2.24, 2.45) is 0 Å². The number of nitrogens with zero attached hydrogens (tertiary/aromatic N) is 3. The summed E-state index contributed by atoms with van der Waals surface area (Å²) in [5.41, 5.74) is 0.0316. The van der Waals surface area contributed by atoms with Crippen LogP contribution in [0.1, 0.15) is 19.7 Å². The van der Waals surface area contributed by atoms with Crippen molar-refractivity contribution in [1.29, 1.82) is 0 Å². The molecule has 1 heterocycles. The molecule has 5 heteroatoms. The molecule has 1 rings (SSSR count). The summed E-state index contributed by atoms with van der Waals surface area (Å²) in [7, 11) is 1.92. The van der Waals surface area contributed by atoms with Crippen LogP contribution in [0.4, 0.5) is 0 Å². The predicted molar refractivity (Wildman–Crippen MR) is 41.0 cm³/mol. The molecule has 0 bridgehead atoms. The number of rotatable bonds is 3. The Kier molecular flexibility index (Phi) is 2.19. The van der Waals surface area contributed by atoms with Gasteiger partial charge >= 0.3 is 0 Å². The number of likely N-dealkylation sites (N-methyl/N-ethyl adjacent to an activating group) is 1. The molecule has 62 valence electrons. The van der Waals surface area contributed by atoms with Gasteiger partial charge < -0.3 is 5.32 Å². The highest BCUT2D eigenvalue weighted by Gasteiger charge is 2.17. The average Bonchev–Trinajstić information content (AvgIpc) is 2.39. The van der Waals surface area contributed by atoms with Crippen molar-refractivity contribution in [2.75, 3.05) is 7.05 Å². The van der Waals surface area contributed by atoms with E-state index in [0.717, 1.165) is 12.2 Å². The molecule has 0 aromatic carbocycles. The van der Waals surface area contributed by atoms with Gasteiger partial charge in [0.15, 0.2) is 5.82 Å². The van der Waals surface area contributed by atoms with E-state index in [1.165, 1.54) is 0 Å². The van der Waals surface area contributed by atoms with Crippen LogP contribution in [-0.4, -0.2) is 33.2 Å². The van der Waals surface area contributed by atoms with Crippen LogP contribution in [0, 0.1) is 0 Å². The van der Waals surface area contributed by atoms with E-state index in [9.17, 15) is 0 Å². The third-order valence-electron chi connectivity index (χ3n) is 1.67. The number of aromatic nitrogens is 4. The predicted octanol–water partition coefficient (Wildman–Crippen LogP) is -0.260. The molecule has 0 amide bonds. The Morgan fingerprint density at radius 2 is 2.27 bits per heavy atom. The summed E-state index contributed by atoms with van der Waals surface area (Å²) in [6.45, 7) is 4.17. The number of hydrogen-bond donors (Lipinski definition) is 2. The second-order valence-electron chi connectivity index (χ2n) is 3.14. The Balaban J connectivity index is 2.56. The third-order valence-corrected chi connectivity index (χ3v) is 1.67. The molecular weight excluding hydrogens is 142 g/mol. The SMILES string of the molecule is CNC(C)(C)Cc1nn[nH]n1. The molecular formula is C6H13N5. The Bertz CT molecular complexity index is 203. The van der Waals surface area contributed by atoms with Crippen LogP contribution in [0.5, 0.6) is 0 Å². The zero-order valence-electron chi connectivity index (χ0n) is 7.05. The van der Waals surface area contributed by atoms with Crippen LogP contribution in [0.3, 0.4) is 0 Å². The Morgan fingerprint density at radius 1 is 1.55 bits per heavy atom. The van der Waals surface area contributed by atoms with Crippen LogP contribution in [0.15, 0.2) is 0 Å². The first kappa shape index (κ1) is 8.13. The van der Waals surface area contributed by atoms with E-state index in [0.29, 0.717) is 0 Å². The fraction of sp³-hybridized carbons (Fsp3) is 0.833. The quantitative estimate of drug-likeness (QED) is 0.631. The van der Waals surface area contributed by atoms with E-state index in [4.69, 9.17) is 0 Å². The second-order valence-corrected chi connectivity index (χ2v) is 3.14. The van der Waals surface area contributed by atoms with E-state index in [2.05, 4.69) is 39.8 Å². The first-order valence-electron chi connectivity index (χ1n) is 3.55. The van der Waals surface area contributed by atoms with Gasteiger partial charge in [-0.1, -0.05) is 5.21 Å². The van der Waals surface area contributed by atoms with Gasteiger partial charge in [-0.2, -0.15) is 5.21 Å². The average molecular weight is 155 g/mol. The summed E-state index contributed by atoms with van der Waals surface area (Å²) in [5.74, 6) is 0.740. The van der Waals surface area contributed by atoms with E-state index in [1.54, 1.807) is 0 Å². The molecule has 0 unspecified atom stereocenters. The molecule has 0 aliphatic carbocycles. The molecule has 1 aromatic rings. The molecule has 0 saturated heterocycles. The van der Waals surface area contributed by atoms with E-state index in [-0.39, 0.29) is 5.54 Å². The summed E-state index contributed by atoms with van der Waals surface area (Å²) < 4.78 is 0. The smallest absolute Gasteiger partial charge is 0.176 e. The minimum absolute atomic E-state index is 0.0316. The van der Waals surface area contributed by atoms with Crippen molar-refractivity contribution < 1.29 is 0 Å². The molecule has 0 aliphatic heterocycles. The minimum Gasteiger partial charge on any atom is -0.314 e. The molecule has 0 fully saturated rings. The number of aromatic amines is 1. The van der Waals surface area contributed by atoms with Crippen LogP contribution in [0.25, 0.3) is 0 Å². The van der Waals surface area contributed by atoms with Gasteiger partial charge in [-0.15, -0.1) is 10.2 Å². The topological polar surface area (TPSA) is 66.5 Å². The van der Waals surface area contributed by atoms with E-state index >= 15 is 0 Å². The van der Waals surface area contributed by atoms with Gasteiger partial charge in [-0.3, -0.25) is 0 Å². The van der Waals surface area contributed by atoms with E-state index < -0.39 is 0 Å². The summed E-state index contributed by atoms with van der Waals surface area (Å²) in [5, 5.41) is 16.8. The lowest BCUT2D eigenvalue weighted by molar-refractivity contribution is 0.413. The lowest BCUT2D eigenvalue weighted by Gasteiger charge is -2.21. The molecule has 0 spiro atoms. The molecule has 0 atom stereocenters. The fourth-order valence-corrected chi connectivity index (χ4v) is 0.741. The standard InChI is InChI=1S/C6H13N5/c1-6(2,7-3)4-5-8-10-11-9-5/h7H,4H2,1-3H3,(H,8,9,10,11). The summed E-state index contributed by atoms with van der Waals surface area (Å²) in [6, 6.07) is 0. The number of H-pyrrole nitrogens is 1. The minimum atomic E-state index is 0.0316. The van der Waals surface area contributed by atoms with Crippen molar-refractivity contribution in [1.82, 2.24) is 25.9 Å². The highest BCUT2D eigenvalue weighted by atomic mass is 15.5. The second kappa shape index (κ2) is 2.96. The normalized spacial score (nSPS) is 11.9. The van der Waals surface area contributed by atoms with Crippen molar-refractivity contribution in [3.05, 3.63) is 5.82 Å². The van der Waals surface area contributed by atoms with Gasteiger partial charge in [0.25, 0.3) is 0 Å².